The van der Waals surface area contributed by atoms with Gasteiger partial charge in [0.1, 0.15) is 0 Å². The molecule has 0 heterocycles. The molecule has 6 heteroatoms. The van der Waals surface area contributed by atoms with Crippen molar-refractivity contribution >= 4 is 11.9 Å². The summed E-state index contributed by atoms with van der Waals surface area (Å²) in [4.78, 5) is 24.6. The van der Waals surface area contributed by atoms with Gasteiger partial charge in [-0.2, -0.15) is 0 Å². The third-order valence-corrected chi connectivity index (χ3v) is 14.9. The van der Waals surface area contributed by atoms with Gasteiger partial charge in [0.05, 0.1) is 25.4 Å². The number of aliphatic hydroxyl groups excluding tert-OH is 2. The van der Waals surface area contributed by atoms with Crippen LogP contribution in [0, 0.1) is 0 Å². The second-order valence-corrected chi connectivity index (χ2v) is 22.1. The standard InChI is InChI=1S/C66H125NO5/c1-3-5-7-9-11-13-15-17-19-21-22-23-24-25-26-27-28-30-31-34-38-42-46-50-54-58-64(69)63(62-68)67-65(70)59-55-51-47-43-39-35-33-37-41-45-49-53-57-61-72-66(71)60-56-52-48-44-40-36-32-29-20-18-16-14-12-10-8-6-4-2/h35,39,47,51,54,58,63-64,68-69H,3-34,36-38,40-46,48-50,52-53,55-57,59-62H2,1-2H3,(H,67,70)/b39-35-,51-47-,58-54+. The van der Waals surface area contributed by atoms with Gasteiger partial charge < -0.3 is 20.3 Å². The van der Waals surface area contributed by atoms with E-state index in [-0.39, 0.29) is 18.5 Å². The topological polar surface area (TPSA) is 95.9 Å². The van der Waals surface area contributed by atoms with Crippen molar-refractivity contribution in [1.29, 1.82) is 0 Å². The van der Waals surface area contributed by atoms with E-state index in [1.165, 1.54) is 263 Å². The number of unbranched alkanes of at least 4 members (excludes halogenated alkanes) is 45. The summed E-state index contributed by atoms with van der Waals surface area (Å²) >= 11 is 0. The van der Waals surface area contributed by atoms with Crippen molar-refractivity contribution in [2.75, 3.05) is 13.2 Å². The smallest absolute Gasteiger partial charge is 0.305 e. The molecule has 1 amide bonds. The number of hydrogen-bond donors (Lipinski definition) is 3. The fraction of sp³-hybridized carbons (Fsp3) is 0.879. The number of amides is 1. The molecular weight excluding hydrogens is 887 g/mol. The van der Waals surface area contributed by atoms with Gasteiger partial charge in [0.15, 0.2) is 0 Å². The molecule has 72 heavy (non-hydrogen) atoms. The van der Waals surface area contributed by atoms with Gasteiger partial charge in [0.2, 0.25) is 5.91 Å². The fourth-order valence-electron chi connectivity index (χ4n) is 9.98. The SMILES string of the molecule is CCCCCCCCCCCCCCCCCCCCCCCCC/C=C/C(O)C(CO)NC(=O)CC/C=C\C/C=C\CCCCCCCCOC(=O)CCCCCCCCCCCCCCCCCCC. The molecule has 3 N–H and O–H groups in total. The van der Waals surface area contributed by atoms with Gasteiger partial charge >= 0.3 is 5.97 Å². The first-order chi connectivity index (χ1) is 35.5. The number of hydrogen-bond acceptors (Lipinski definition) is 5. The Kier molecular flexibility index (Phi) is 60.0. The molecule has 424 valence electrons. The van der Waals surface area contributed by atoms with Crippen molar-refractivity contribution in [2.24, 2.45) is 0 Å². The zero-order chi connectivity index (χ0) is 52.2. The molecule has 0 spiro atoms. The van der Waals surface area contributed by atoms with E-state index in [1.54, 1.807) is 6.08 Å². The lowest BCUT2D eigenvalue weighted by atomic mass is 10.0. The van der Waals surface area contributed by atoms with Crippen molar-refractivity contribution in [3.63, 3.8) is 0 Å². The molecule has 0 aliphatic rings. The van der Waals surface area contributed by atoms with Gasteiger partial charge in [0.25, 0.3) is 0 Å². The molecule has 0 aliphatic carbocycles. The Labute approximate surface area is 449 Å². The summed E-state index contributed by atoms with van der Waals surface area (Å²) in [6.45, 7) is 4.87. The highest BCUT2D eigenvalue weighted by molar-refractivity contribution is 5.76. The van der Waals surface area contributed by atoms with Crippen molar-refractivity contribution < 1.29 is 24.5 Å². The molecular formula is C66H125NO5. The average molecular weight is 1010 g/mol. The zero-order valence-corrected chi connectivity index (χ0v) is 48.4. The predicted octanol–water partition coefficient (Wildman–Crippen LogP) is 20.4. The number of nitrogens with one attached hydrogen (secondary N) is 1. The Morgan fingerprint density at radius 2 is 0.708 bits per heavy atom. The Morgan fingerprint density at radius 3 is 1.08 bits per heavy atom. The van der Waals surface area contributed by atoms with Crippen LogP contribution in [-0.2, 0) is 14.3 Å². The van der Waals surface area contributed by atoms with E-state index >= 15 is 0 Å². The molecule has 0 aliphatic heterocycles. The molecule has 0 saturated heterocycles. The van der Waals surface area contributed by atoms with Crippen LogP contribution in [0.5, 0.6) is 0 Å². The molecule has 0 aromatic carbocycles. The van der Waals surface area contributed by atoms with E-state index < -0.39 is 12.1 Å². The summed E-state index contributed by atoms with van der Waals surface area (Å²) in [5, 5.41) is 23.1. The summed E-state index contributed by atoms with van der Waals surface area (Å²) < 4.78 is 5.48. The second kappa shape index (κ2) is 61.6. The van der Waals surface area contributed by atoms with Crippen molar-refractivity contribution in [3.05, 3.63) is 36.5 Å². The largest absolute Gasteiger partial charge is 0.466 e. The maximum absolute atomic E-state index is 12.5. The van der Waals surface area contributed by atoms with Crippen LogP contribution >= 0.6 is 0 Å². The second-order valence-electron chi connectivity index (χ2n) is 22.1. The maximum Gasteiger partial charge on any atom is 0.305 e. The summed E-state index contributed by atoms with van der Waals surface area (Å²) in [5.74, 6) is -0.159. The van der Waals surface area contributed by atoms with Crippen LogP contribution in [0.25, 0.3) is 0 Å². The molecule has 0 fully saturated rings. The van der Waals surface area contributed by atoms with Gasteiger partial charge in [-0.15, -0.1) is 0 Å². The zero-order valence-electron chi connectivity index (χ0n) is 48.4. The highest BCUT2D eigenvalue weighted by atomic mass is 16.5. The highest BCUT2D eigenvalue weighted by Crippen LogP contribution is 2.18. The van der Waals surface area contributed by atoms with E-state index in [0.29, 0.717) is 25.9 Å². The lowest BCUT2D eigenvalue weighted by Crippen LogP contribution is -2.45. The van der Waals surface area contributed by atoms with E-state index in [1.807, 2.05) is 12.2 Å². The fourth-order valence-corrected chi connectivity index (χ4v) is 9.98. The Balaban J connectivity index is 3.54. The van der Waals surface area contributed by atoms with Gasteiger partial charge in [-0.1, -0.05) is 320 Å². The Hall–Kier alpha value is -1.92. The number of rotatable bonds is 60. The van der Waals surface area contributed by atoms with Crippen LogP contribution in [-0.4, -0.2) is 47.4 Å². The number of carbonyl (C=O) groups excluding carboxylic acids is 2. The van der Waals surface area contributed by atoms with E-state index in [2.05, 4.69) is 37.4 Å². The molecule has 0 bridgehead atoms. The number of aliphatic hydroxyl groups is 2. The average Bonchev–Trinajstić information content (AvgIpc) is 3.38. The van der Waals surface area contributed by atoms with Crippen LogP contribution in [0.3, 0.4) is 0 Å². The molecule has 0 aromatic rings. The highest BCUT2D eigenvalue weighted by Gasteiger charge is 2.17. The normalized spacial score (nSPS) is 12.8. The molecule has 0 rings (SSSR count). The van der Waals surface area contributed by atoms with Crippen LogP contribution in [0.2, 0.25) is 0 Å². The minimum atomic E-state index is -0.881. The van der Waals surface area contributed by atoms with E-state index in [4.69, 9.17) is 4.74 Å². The molecule has 6 nitrogen and oxygen atoms in total. The lowest BCUT2D eigenvalue weighted by Gasteiger charge is -2.19. The summed E-state index contributed by atoms with van der Waals surface area (Å²) in [7, 11) is 0. The number of allylic oxidation sites excluding steroid dienone is 5. The molecule has 0 saturated carbocycles. The van der Waals surface area contributed by atoms with E-state index in [9.17, 15) is 19.8 Å². The quantitative estimate of drug-likeness (QED) is 0.0320. The van der Waals surface area contributed by atoms with Crippen molar-refractivity contribution in [1.82, 2.24) is 5.32 Å². The third kappa shape index (κ3) is 57.4. The molecule has 0 radical (unpaired) electrons. The van der Waals surface area contributed by atoms with Gasteiger partial charge in [-0.05, 0) is 51.4 Å². The number of ether oxygens (including phenoxy) is 1. The summed E-state index contributed by atoms with van der Waals surface area (Å²) in [6.07, 6.45) is 77.8. The Bertz CT molecular complexity index is 1170. The Morgan fingerprint density at radius 1 is 0.389 bits per heavy atom. The first kappa shape index (κ1) is 70.1. The maximum atomic E-state index is 12.5. The van der Waals surface area contributed by atoms with Gasteiger partial charge in [0, 0.05) is 12.8 Å². The van der Waals surface area contributed by atoms with Crippen molar-refractivity contribution in [3.8, 4) is 0 Å². The molecule has 2 unspecified atom stereocenters. The van der Waals surface area contributed by atoms with E-state index in [0.717, 1.165) is 51.4 Å². The monoisotopic (exact) mass is 1010 g/mol. The number of esters is 1. The summed E-state index contributed by atoms with van der Waals surface area (Å²) in [6, 6.07) is -0.673. The van der Waals surface area contributed by atoms with Crippen LogP contribution < -0.4 is 5.32 Å². The van der Waals surface area contributed by atoms with Gasteiger partial charge in [-0.25, -0.2) is 0 Å². The summed E-state index contributed by atoms with van der Waals surface area (Å²) in [5.41, 5.74) is 0. The predicted molar refractivity (Wildman–Crippen MR) is 315 cm³/mol. The van der Waals surface area contributed by atoms with Crippen LogP contribution in [0.15, 0.2) is 36.5 Å². The van der Waals surface area contributed by atoms with Crippen LogP contribution in [0.4, 0.5) is 0 Å². The molecule has 2 atom stereocenters. The number of carbonyl (C=O) groups is 2. The first-order valence-corrected chi connectivity index (χ1v) is 32.3. The van der Waals surface area contributed by atoms with Crippen molar-refractivity contribution in [2.45, 2.75) is 360 Å². The molecule has 0 aromatic heterocycles. The minimum absolute atomic E-state index is 0.0139. The van der Waals surface area contributed by atoms with Crippen LogP contribution in [0.1, 0.15) is 348 Å². The minimum Gasteiger partial charge on any atom is -0.466 e. The first-order valence-electron chi connectivity index (χ1n) is 32.3. The lowest BCUT2D eigenvalue weighted by molar-refractivity contribution is -0.143. The third-order valence-electron chi connectivity index (χ3n) is 14.9. The van der Waals surface area contributed by atoms with Gasteiger partial charge in [-0.3, -0.25) is 9.59 Å².